The fourth-order valence-electron chi connectivity index (χ4n) is 2.69. The molecule has 1 unspecified atom stereocenters. The summed E-state index contributed by atoms with van der Waals surface area (Å²) in [6.07, 6.45) is 7.66. The second kappa shape index (κ2) is 6.30. The third-order valence-electron chi connectivity index (χ3n) is 3.73. The maximum atomic E-state index is 6.55. The van der Waals surface area contributed by atoms with E-state index in [0.717, 1.165) is 12.2 Å². The molecule has 0 bridgehead atoms. The van der Waals surface area contributed by atoms with E-state index in [1.807, 2.05) is 12.1 Å². The van der Waals surface area contributed by atoms with Crippen molar-refractivity contribution in [1.29, 1.82) is 0 Å². The lowest BCUT2D eigenvalue weighted by molar-refractivity contribution is 0.344. The van der Waals surface area contributed by atoms with Crippen LogP contribution >= 0.6 is 11.6 Å². The topological polar surface area (TPSA) is 9.23 Å². The summed E-state index contributed by atoms with van der Waals surface area (Å²) >= 11 is 6.55. The quantitative estimate of drug-likeness (QED) is 0.721. The Morgan fingerprint density at radius 3 is 2.76 bits per heavy atom. The summed E-state index contributed by atoms with van der Waals surface area (Å²) in [6.45, 7) is 0. The molecule has 2 heteroatoms. The minimum Gasteiger partial charge on any atom is -0.497 e. The predicted molar refractivity (Wildman–Crippen MR) is 72.9 cm³/mol. The number of hydrogen-bond donors (Lipinski definition) is 0. The number of alkyl halides is 1. The maximum absolute atomic E-state index is 6.55. The summed E-state index contributed by atoms with van der Waals surface area (Å²) in [5.74, 6) is 1.63. The number of hydrogen-bond acceptors (Lipinski definition) is 1. The molecule has 0 radical (unpaired) electrons. The molecule has 0 aromatic heterocycles. The van der Waals surface area contributed by atoms with Crippen molar-refractivity contribution in [2.45, 2.75) is 43.9 Å². The summed E-state index contributed by atoms with van der Waals surface area (Å²) in [7, 11) is 1.71. The Bertz CT molecular complexity index is 345. The third-order valence-corrected chi connectivity index (χ3v) is 4.24. The Labute approximate surface area is 109 Å². The van der Waals surface area contributed by atoms with Gasteiger partial charge < -0.3 is 4.74 Å². The van der Waals surface area contributed by atoms with Gasteiger partial charge in [-0.05, 0) is 42.9 Å². The van der Waals surface area contributed by atoms with E-state index in [2.05, 4.69) is 12.1 Å². The van der Waals surface area contributed by atoms with Crippen molar-refractivity contribution < 1.29 is 4.74 Å². The smallest absolute Gasteiger partial charge is 0.119 e. The molecule has 94 valence electrons. The molecule has 0 saturated heterocycles. The molecule has 0 N–H and O–H groups in total. The van der Waals surface area contributed by atoms with Crippen LogP contribution in [0, 0.1) is 5.92 Å². The fourth-order valence-corrected chi connectivity index (χ4v) is 3.12. The van der Waals surface area contributed by atoms with Gasteiger partial charge in [-0.3, -0.25) is 0 Å². The van der Waals surface area contributed by atoms with Crippen molar-refractivity contribution >= 4 is 11.6 Å². The second-order valence-electron chi connectivity index (χ2n) is 4.97. The van der Waals surface area contributed by atoms with E-state index in [-0.39, 0.29) is 5.38 Å². The van der Waals surface area contributed by atoms with E-state index in [0.29, 0.717) is 5.92 Å². The highest BCUT2D eigenvalue weighted by Gasteiger charge is 2.21. The van der Waals surface area contributed by atoms with E-state index in [1.165, 1.54) is 37.7 Å². The molecule has 1 fully saturated rings. The summed E-state index contributed by atoms with van der Waals surface area (Å²) in [6, 6.07) is 8.25. The van der Waals surface area contributed by atoms with Gasteiger partial charge in [0.15, 0.2) is 0 Å². The molecule has 0 heterocycles. The van der Waals surface area contributed by atoms with Crippen molar-refractivity contribution in [3.63, 3.8) is 0 Å². The molecular formula is C15H21ClO. The number of benzene rings is 1. The minimum absolute atomic E-state index is 0.280. The van der Waals surface area contributed by atoms with Crippen molar-refractivity contribution in [1.82, 2.24) is 0 Å². The maximum Gasteiger partial charge on any atom is 0.119 e. The van der Waals surface area contributed by atoms with Gasteiger partial charge in [-0.25, -0.2) is 0 Å². The van der Waals surface area contributed by atoms with Crippen LogP contribution in [0.25, 0.3) is 0 Å². The van der Waals surface area contributed by atoms with E-state index < -0.39 is 0 Å². The van der Waals surface area contributed by atoms with Gasteiger partial charge in [0.05, 0.1) is 7.11 Å². The summed E-state index contributed by atoms with van der Waals surface area (Å²) in [4.78, 5) is 0. The highest BCUT2D eigenvalue weighted by Crippen LogP contribution is 2.31. The highest BCUT2D eigenvalue weighted by atomic mass is 35.5. The number of methoxy groups -OCH3 is 1. The first-order chi connectivity index (χ1) is 8.29. The molecule has 1 saturated carbocycles. The zero-order chi connectivity index (χ0) is 12.1. The molecule has 0 aliphatic heterocycles. The lowest BCUT2D eigenvalue weighted by Gasteiger charge is -2.26. The van der Waals surface area contributed by atoms with Crippen LogP contribution in [0.2, 0.25) is 0 Å². The third kappa shape index (κ3) is 3.64. The van der Waals surface area contributed by atoms with Crippen LogP contribution < -0.4 is 4.74 Å². The molecule has 1 aliphatic carbocycles. The SMILES string of the molecule is COc1cccc(CC(Cl)C2CCCCC2)c1. The van der Waals surface area contributed by atoms with Crippen LogP contribution in [0.5, 0.6) is 5.75 Å². The van der Waals surface area contributed by atoms with Gasteiger partial charge in [0.1, 0.15) is 5.75 Å². The molecule has 0 spiro atoms. The first-order valence-electron chi connectivity index (χ1n) is 6.56. The Hall–Kier alpha value is -0.690. The summed E-state index contributed by atoms with van der Waals surface area (Å²) in [5.41, 5.74) is 1.29. The van der Waals surface area contributed by atoms with Gasteiger partial charge in [-0.1, -0.05) is 31.4 Å². The van der Waals surface area contributed by atoms with Gasteiger partial charge in [-0.15, -0.1) is 11.6 Å². The zero-order valence-electron chi connectivity index (χ0n) is 10.5. The lowest BCUT2D eigenvalue weighted by Crippen LogP contribution is -2.20. The molecule has 0 amide bonds. The Kier molecular flexibility index (Phi) is 4.73. The van der Waals surface area contributed by atoms with Gasteiger partial charge in [0.25, 0.3) is 0 Å². The predicted octanol–water partition coefficient (Wildman–Crippen LogP) is 4.43. The van der Waals surface area contributed by atoms with Crippen LogP contribution in [-0.4, -0.2) is 12.5 Å². The molecule has 1 aliphatic rings. The molecule has 2 rings (SSSR count). The van der Waals surface area contributed by atoms with Gasteiger partial charge >= 0.3 is 0 Å². The molecule has 1 aromatic rings. The largest absolute Gasteiger partial charge is 0.497 e. The van der Waals surface area contributed by atoms with E-state index in [4.69, 9.17) is 16.3 Å². The van der Waals surface area contributed by atoms with Crippen molar-refractivity contribution in [2.75, 3.05) is 7.11 Å². The van der Waals surface area contributed by atoms with Crippen LogP contribution in [0.1, 0.15) is 37.7 Å². The Morgan fingerprint density at radius 2 is 2.06 bits per heavy atom. The molecule has 1 atom stereocenters. The second-order valence-corrected chi connectivity index (χ2v) is 5.53. The number of ether oxygens (including phenoxy) is 1. The summed E-state index contributed by atoms with van der Waals surface area (Å²) < 4.78 is 5.24. The standard InChI is InChI=1S/C15H21ClO/c1-17-14-9-5-6-12(10-14)11-15(16)13-7-3-2-4-8-13/h5-6,9-10,13,15H,2-4,7-8,11H2,1H3. The van der Waals surface area contributed by atoms with Crippen LogP contribution in [-0.2, 0) is 6.42 Å². The van der Waals surface area contributed by atoms with Gasteiger partial charge in [-0.2, -0.15) is 0 Å². The lowest BCUT2D eigenvalue weighted by atomic mass is 9.85. The average Bonchev–Trinajstić information content (AvgIpc) is 2.40. The van der Waals surface area contributed by atoms with E-state index in [1.54, 1.807) is 7.11 Å². The van der Waals surface area contributed by atoms with Gasteiger partial charge in [0.2, 0.25) is 0 Å². The van der Waals surface area contributed by atoms with Crippen molar-refractivity contribution in [2.24, 2.45) is 5.92 Å². The first kappa shape index (κ1) is 12.8. The first-order valence-corrected chi connectivity index (χ1v) is 7.00. The summed E-state index contributed by atoms with van der Waals surface area (Å²) in [5, 5.41) is 0.280. The molecule has 1 aromatic carbocycles. The van der Waals surface area contributed by atoms with E-state index in [9.17, 15) is 0 Å². The van der Waals surface area contributed by atoms with Crippen molar-refractivity contribution in [3.05, 3.63) is 29.8 Å². The average molecular weight is 253 g/mol. The zero-order valence-corrected chi connectivity index (χ0v) is 11.2. The van der Waals surface area contributed by atoms with E-state index >= 15 is 0 Å². The van der Waals surface area contributed by atoms with Crippen LogP contribution in [0.15, 0.2) is 24.3 Å². The molecule has 1 nitrogen and oxygen atoms in total. The van der Waals surface area contributed by atoms with Crippen LogP contribution in [0.3, 0.4) is 0 Å². The minimum atomic E-state index is 0.280. The Balaban J connectivity index is 1.94. The molecular weight excluding hydrogens is 232 g/mol. The number of rotatable bonds is 4. The van der Waals surface area contributed by atoms with Crippen molar-refractivity contribution in [3.8, 4) is 5.75 Å². The normalized spacial score (nSPS) is 18.9. The number of halogens is 1. The Morgan fingerprint density at radius 1 is 1.29 bits per heavy atom. The fraction of sp³-hybridized carbons (Fsp3) is 0.600. The monoisotopic (exact) mass is 252 g/mol. The highest BCUT2D eigenvalue weighted by molar-refractivity contribution is 6.20. The molecule has 17 heavy (non-hydrogen) atoms. The van der Waals surface area contributed by atoms with Gasteiger partial charge in [0, 0.05) is 5.38 Å². The van der Waals surface area contributed by atoms with Crippen LogP contribution in [0.4, 0.5) is 0 Å².